The third kappa shape index (κ3) is 2.89. The lowest BCUT2D eigenvalue weighted by Gasteiger charge is -2.04. The van der Waals surface area contributed by atoms with Crippen molar-refractivity contribution < 1.29 is 4.70 Å². The van der Waals surface area contributed by atoms with Crippen LogP contribution in [0.4, 0.5) is 4.70 Å². The summed E-state index contributed by atoms with van der Waals surface area (Å²) in [5.41, 5.74) is 5.04. The lowest BCUT2D eigenvalue weighted by atomic mass is 10.0. The van der Waals surface area contributed by atoms with Crippen molar-refractivity contribution in [2.45, 2.75) is 0 Å². The first-order chi connectivity index (χ1) is 8.93. The molecule has 0 N–H and O–H groups in total. The highest BCUT2D eigenvalue weighted by Gasteiger charge is 1.98. The van der Waals surface area contributed by atoms with Crippen molar-refractivity contribution in [3.8, 4) is 22.3 Å². The summed E-state index contributed by atoms with van der Waals surface area (Å²) in [7, 11) is 0. The Balaban J connectivity index is 0.00000133. The molecule has 0 heterocycles. The molecule has 0 aliphatic carbocycles. The van der Waals surface area contributed by atoms with Crippen LogP contribution in [-0.2, 0) is 0 Å². The second-order valence-corrected chi connectivity index (χ2v) is 4.31. The van der Waals surface area contributed by atoms with Gasteiger partial charge in [0.15, 0.2) is 0 Å². The molecule has 19 heavy (non-hydrogen) atoms. The van der Waals surface area contributed by atoms with Crippen LogP contribution in [0.2, 0.25) is 0 Å². The molecule has 0 bridgehead atoms. The van der Waals surface area contributed by atoms with Crippen molar-refractivity contribution in [3.63, 3.8) is 0 Å². The minimum atomic E-state index is 0. The number of halogens is 1. The van der Waals surface area contributed by atoms with Gasteiger partial charge < -0.3 is 0 Å². The summed E-state index contributed by atoms with van der Waals surface area (Å²) in [6.07, 6.45) is 0. The Morgan fingerprint density at radius 3 is 0.895 bits per heavy atom. The lowest BCUT2D eigenvalue weighted by molar-refractivity contribution is 1.11. The van der Waals surface area contributed by atoms with Crippen LogP contribution in [0.1, 0.15) is 0 Å². The second kappa shape index (κ2) is 5.96. The van der Waals surface area contributed by atoms with Gasteiger partial charge in [0.25, 0.3) is 0 Å². The second-order valence-electron chi connectivity index (χ2n) is 4.31. The summed E-state index contributed by atoms with van der Waals surface area (Å²) < 4.78 is 0. The Morgan fingerprint density at radius 2 is 0.579 bits per heavy atom. The van der Waals surface area contributed by atoms with E-state index in [9.17, 15) is 0 Å². The van der Waals surface area contributed by atoms with E-state index in [0.29, 0.717) is 0 Å². The van der Waals surface area contributed by atoms with E-state index >= 15 is 0 Å². The zero-order valence-electron chi connectivity index (χ0n) is 10.5. The fraction of sp³-hybridized carbons (Fsp3) is 0. The zero-order valence-corrected chi connectivity index (χ0v) is 10.5. The SMILES string of the molecule is F.c1ccc(-c2ccc(-c3ccccc3)cc2)cc1. The summed E-state index contributed by atoms with van der Waals surface area (Å²) in [4.78, 5) is 0. The monoisotopic (exact) mass is 250 g/mol. The minimum Gasteiger partial charge on any atom is -0.269 e. The lowest BCUT2D eigenvalue weighted by Crippen LogP contribution is -1.79. The van der Waals surface area contributed by atoms with E-state index < -0.39 is 0 Å². The predicted molar refractivity (Wildman–Crippen MR) is 79.8 cm³/mol. The van der Waals surface area contributed by atoms with E-state index in [-0.39, 0.29) is 4.70 Å². The fourth-order valence-electron chi connectivity index (χ4n) is 2.12. The Kier molecular flexibility index (Phi) is 4.09. The van der Waals surface area contributed by atoms with E-state index in [1.807, 2.05) is 12.1 Å². The van der Waals surface area contributed by atoms with Gasteiger partial charge in [-0.1, -0.05) is 84.9 Å². The standard InChI is InChI=1S/C18H14.FH/c1-3-7-15(8-4-1)17-11-13-18(14-12-17)16-9-5-2-6-10-16;/h1-14H;1H. The van der Waals surface area contributed by atoms with Crippen molar-refractivity contribution >= 4 is 0 Å². The molecular formula is C18H15F. The first-order valence-corrected chi connectivity index (χ1v) is 6.14. The Morgan fingerprint density at radius 1 is 0.316 bits per heavy atom. The molecule has 0 fully saturated rings. The predicted octanol–water partition coefficient (Wildman–Crippen LogP) is 5.17. The Hall–Kier alpha value is -2.41. The van der Waals surface area contributed by atoms with Gasteiger partial charge in [-0.3, -0.25) is 4.70 Å². The Bertz CT molecular complexity index is 554. The summed E-state index contributed by atoms with van der Waals surface area (Å²) in [6, 6.07) is 29.6. The highest BCUT2D eigenvalue weighted by Crippen LogP contribution is 2.24. The molecule has 0 nitrogen and oxygen atoms in total. The summed E-state index contributed by atoms with van der Waals surface area (Å²) in [5, 5.41) is 0. The fourth-order valence-corrected chi connectivity index (χ4v) is 2.12. The van der Waals surface area contributed by atoms with Crippen molar-refractivity contribution in [2.75, 3.05) is 0 Å². The average Bonchev–Trinajstić information content (AvgIpc) is 2.49. The smallest absolute Gasteiger partial charge is 0.0184 e. The molecule has 0 atom stereocenters. The van der Waals surface area contributed by atoms with E-state index in [1.165, 1.54) is 22.3 Å². The highest BCUT2D eigenvalue weighted by atomic mass is 19.0. The van der Waals surface area contributed by atoms with Crippen LogP contribution in [0, 0.1) is 0 Å². The maximum Gasteiger partial charge on any atom is -0.0184 e. The molecule has 3 rings (SSSR count). The maximum absolute atomic E-state index is 2.18. The van der Waals surface area contributed by atoms with Crippen LogP contribution in [0.3, 0.4) is 0 Å². The van der Waals surface area contributed by atoms with Crippen LogP contribution in [0.15, 0.2) is 84.9 Å². The van der Waals surface area contributed by atoms with Gasteiger partial charge in [0.2, 0.25) is 0 Å². The van der Waals surface area contributed by atoms with E-state index in [2.05, 4.69) is 72.8 Å². The van der Waals surface area contributed by atoms with Crippen molar-refractivity contribution in [1.82, 2.24) is 0 Å². The van der Waals surface area contributed by atoms with E-state index in [4.69, 9.17) is 0 Å². The largest absolute Gasteiger partial charge is 0.269 e. The quantitative estimate of drug-likeness (QED) is 0.588. The van der Waals surface area contributed by atoms with Gasteiger partial charge >= 0.3 is 0 Å². The molecule has 0 saturated heterocycles. The highest BCUT2D eigenvalue weighted by molar-refractivity contribution is 5.70. The van der Waals surface area contributed by atoms with Crippen molar-refractivity contribution in [3.05, 3.63) is 84.9 Å². The van der Waals surface area contributed by atoms with Gasteiger partial charge in [0.05, 0.1) is 0 Å². The normalized spacial score (nSPS) is 9.68. The van der Waals surface area contributed by atoms with Gasteiger partial charge in [0.1, 0.15) is 0 Å². The molecule has 94 valence electrons. The topological polar surface area (TPSA) is 0 Å². The van der Waals surface area contributed by atoms with Crippen LogP contribution in [0.5, 0.6) is 0 Å². The molecule has 0 aromatic heterocycles. The van der Waals surface area contributed by atoms with Gasteiger partial charge in [-0.25, -0.2) is 0 Å². The molecule has 0 spiro atoms. The number of rotatable bonds is 2. The molecule has 0 aliphatic rings. The summed E-state index contributed by atoms with van der Waals surface area (Å²) in [6.45, 7) is 0. The average molecular weight is 250 g/mol. The molecule has 0 unspecified atom stereocenters. The molecule has 0 aliphatic heterocycles. The number of hydrogen-bond donors (Lipinski definition) is 0. The molecule has 1 heteroatoms. The van der Waals surface area contributed by atoms with Crippen LogP contribution >= 0.6 is 0 Å². The van der Waals surface area contributed by atoms with Crippen LogP contribution < -0.4 is 0 Å². The Labute approximate surface area is 112 Å². The van der Waals surface area contributed by atoms with Gasteiger partial charge in [-0.05, 0) is 22.3 Å². The summed E-state index contributed by atoms with van der Waals surface area (Å²) in [5.74, 6) is 0. The van der Waals surface area contributed by atoms with E-state index in [0.717, 1.165) is 0 Å². The van der Waals surface area contributed by atoms with Gasteiger partial charge in [-0.2, -0.15) is 0 Å². The van der Waals surface area contributed by atoms with Crippen LogP contribution in [-0.4, -0.2) is 0 Å². The molecule has 0 amide bonds. The molecule has 0 radical (unpaired) electrons. The number of hydrogen-bond acceptors (Lipinski definition) is 0. The molecule has 3 aromatic carbocycles. The molecular weight excluding hydrogens is 235 g/mol. The summed E-state index contributed by atoms with van der Waals surface area (Å²) >= 11 is 0. The van der Waals surface area contributed by atoms with Crippen molar-refractivity contribution in [1.29, 1.82) is 0 Å². The first kappa shape index (κ1) is 13.0. The third-order valence-corrected chi connectivity index (χ3v) is 3.10. The zero-order chi connectivity index (χ0) is 12.2. The maximum atomic E-state index is 2.18. The first-order valence-electron chi connectivity index (χ1n) is 6.14. The molecule has 3 aromatic rings. The number of benzene rings is 3. The molecule has 0 saturated carbocycles. The third-order valence-electron chi connectivity index (χ3n) is 3.10. The van der Waals surface area contributed by atoms with Crippen molar-refractivity contribution in [2.24, 2.45) is 0 Å². The van der Waals surface area contributed by atoms with Gasteiger partial charge in [0, 0.05) is 0 Å². The minimum absolute atomic E-state index is 0. The van der Waals surface area contributed by atoms with Gasteiger partial charge in [-0.15, -0.1) is 0 Å². The van der Waals surface area contributed by atoms with E-state index in [1.54, 1.807) is 0 Å². The van der Waals surface area contributed by atoms with Crippen LogP contribution in [0.25, 0.3) is 22.3 Å².